The lowest BCUT2D eigenvalue weighted by atomic mass is 10.0. The number of benzene rings is 2. The number of carbonyl (C=O) groups excluding carboxylic acids is 1. The number of hydrogen-bond donors (Lipinski definition) is 1. The van der Waals surface area contributed by atoms with Gasteiger partial charge in [-0.15, -0.1) is 0 Å². The minimum atomic E-state index is -4.41. The van der Waals surface area contributed by atoms with Crippen LogP contribution < -0.4 is 5.32 Å². The monoisotopic (exact) mass is 465 g/mol. The highest BCUT2D eigenvalue weighted by Gasteiger charge is 2.30. The average Bonchev–Trinajstić information content (AvgIpc) is 3.20. The summed E-state index contributed by atoms with van der Waals surface area (Å²) in [6.07, 6.45) is -1.04. The van der Waals surface area contributed by atoms with Crippen LogP contribution in [0.3, 0.4) is 0 Å². The summed E-state index contributed by atoms with van der Waals surface area (Å²) in [5.41, 5.74) is 3.61. The van der Waals surface area contributed by atoms with Gasteiger partial charge >= 0.3 is 6.18 Å². The summed E-state index contributed by atoms with van der Waals surface area (Å²) in [6.45, 7) is 3.97. The standard InChI is InChI=1S/C27H26F3N3O/c1-3-18(2)31-25(34)15-13-23-26(19-8-5-4-6-9-19)32-24-14-12-21(17-33(23)24)20-10-7-11-22(16-20)27(28,29)30/h4-12,14,16-18H,3,13,15H2,1-2H3,(H,31,34). The Kier molecular flexibility index (Phi) is 6.72. The molecule has 4 aromatic rings. The van der Waals surface area contributed by atoms with Crippen LogP contribution in [0.2, 0.25) is 0 Å². The molecule has 0 bridgehead atoms. The van der Waals surface area contributed by atoms with Crippen molar-refractivity contribution < 1.29 is 18.0 Å². The molecular formula is C27H26F3N3O. The summed E-state index contributed by atoms with van der Waals surface area (Å²) >= 11 is 0. The molecule has 2 heterocycles. The first-order valence-electron chi connectivity index (χ1n) is 11.3. The number of hydrogen-bond acceptors (Lipinski definition) is 2. The van der Waals surface area contributed by atoms with Gasteiger partial charge in [-0.25, -0.2) is 4.98 Å². The van der Waals surface area contributed by atoms with Crippen LogP contribution in [0.25, 0.3) is 28.0 Å². The van der Waals surface area contributed by atoms with Gasteiger partial charge in [0.25, 0.3) is 0 Å². The number of nitrogens with one attached hydrogen (secondary N) is 1. The number of amides is 1. The Hall–Kier alpha value is -3.61. The first-order valence-corrected chi connectivity index (χ1v) is 11.3. The Labute approximate surface area is 196 Å². The van der Waals surface area contributed by atoms with Gasteiger partial charge in [0.2, 0.25) is 5.91 Å². The Bertz CT molecular complexity index is 1300. The van der Waals surface area contributed by atoms with Crippen LogP contribution in [0.5, 0.6) is 0 Å². The van der Waals surface area contributed by atoms with Crippen LogP contribution in [0.4, 0.5) is 13.2 Å². The molecule has 4 rings (SSSR count). The van der Waals surface area contributed by atoms with Crippen molar-refractivity contribution in [1.29, 1.82) is 0 Å². The van der Waals surface area contributed by atoms with E-state index in [1.807, 2.05) is 48.6 Å². The second-order valence-corrected chi connectivity index (χ2v) is 8.37. The number of alkyl halides is 3. The van der Waals surface area contributed by atoms with Crippen molar-refractivity contribution in [3.8, 4) is 22.4 Å². The number of rotatable bonds is 7. The van der Waals surface area contributed by atoms with Crippen LogP contribution in [-0.2, 0) is 17.4 Å². The summed E-state index contributed by atoms with van der Waals surface area (Å²) in [6, 6.07) is 18.6. The Balaban J connectivity index is 1.76. The SMILES string of the molecule is CCC(C)NC(=O)CCc1c(-c2ccccc2)nc2ccc(-c3cccc(C(F)(F)F)c3)cn12. The molecule has 1 N–H and O–H groups in total. The quantitative estimate of drug-likeness (QED) is 0.337. The maximum atomic E-state index is 13.2. The van der Waals surface area contributed by atoms with Crippen molar-refractivity contribution in [3.63, 3.8) is 0 Å². The highest BCUT2D eigenvalue weighted by atomic mass is 19.4. The number of aromatic nitrogens is 2. The van der Waals surface area contributed by atoms with E-state index in [1.165, 1.54) is 6.07 Å². The van der Waals surface area contributed by atoms with E-state index in [0.717, 1.165) is 35.5 Å². The van der Waals surface area contributed by atoms with Gasteiger partial charge in [-0.2, -0.15) is 13.2 Å². The summed E-state index contributed by atoms with van der Waals surface area (Å²) in [5, 5.41) is 2.98. The summed E-state index contributed by atoms with van der Waals surface area (Å²) in [4.78, 5) is 17.2. The van der Waals surface area contributed by atoms with E-state index in [1.54, 1.807) is 24.4 Å². The zero-order valence-corrected chi connectivity index (χ0v) is 19.1. The van der Waals surface area contributed by atoms with Crippen molar-refractivity contribution in [2.45, 2.75) is 45.3 Å². The fraction of sp³-hybridized carbons (Fsp3) is 0.259. The van der Waals surface area contributed by atoms with E-state index >= 15 is 0 Å². The smallest absolute Gasteiger partial charge is 0.354 e. The predicted octanol–water partition coefficient (Wildman–Crippen LogP) is 6.53. The third kappa shape index (κ3) is 5.14. The minimum Gasteiger partial charge on any atom is -0.354 e. The molecule has 0 aliphatic heterocycles. The van der Waals surface area contributed by atoms with E-state index in [4.69, 9.17) is 4.98 Å². The second kappa shape index (κ2) is 9.71. The van der Waals surface area contributed by atoms with Gasteiger partial charge in [-0.3, -0.25) is 4.79 Å². The molecule has 4 nitrogen and oxygen atoms in total. The molecular weight excluding hydrogens is 439 g/mol. The van der Waals surface area contributed by atoms with Crippen LogP contribution in [0, 0.1) is 0 Å². The number of aryl methyl sites for hydroxylation is 1. The summed E-state index contributed by atoms with van der Waals surface area (Å²) in [5.74, 6) is -0.0441. The van der Waals surface area contributed by atoms with Crippen molar-refractivity contribution in [3.05, 3.63) is 84.2 Å². The van der Waals surface area contributed by atoms with Crippen molar-refractivity contribution in [2.24, 2.45) is 0 Å². The Morgan fingerprint density at radius 1 is 1.00 bits per heavy atom. The van der Waals surface area contributed by atoms with Crippen molar-refractivity contribution >= 4 is 11.6 Å². The highest BCUT2D eigenvalue weighted by molar-refractivity contribution is 5.77. The van der Waals surface area contributed by atoms with E-state index in [0.29, 0.717) is 23.2 Å². The van der Waals surface area contributed by atoms with Crippen LogP contribution in [0.1, 0.15) is 37.9 Å². The molecule has 1 unspecified atom stereocenters. The molecule has 1 amide bonds. The van der Waals surface area contributed by atoms with Gasteiger partial charge in [-0.05, 0) is 55.2 Å². The normalized spacial score (nSPS) is 12.6. The lowest BCUT2D eigenvalue weighted by molar-refractivity contribution is -0.137. The van der Waals surface area contributed by atoms with E-state index < -0.39 is 11.7 Å². The molecule has 34 heavy (non-hydrogen) atoms. The molecule has 2 aromatic heterocycles. The van der Waals surface area contributed by atoms with Crippen LogP contribution >= 0.6 is 0 Å². The molecule has 0 spiro atoms. The largest absolute Gasteiger partial charge is 0.416 e. The molecule has 0 saturated carbocycles. The zero-order chi connectivity index (χ0) is 24.3. The maximum Gasteiger partial charge on any atom is 0.416 e. The average molecular weight is 466 g/mol. The molecule has 7 heteroatoms. The molecule has 0 radical (unpaired) electrons. The first-order chi connectivity index (χ1) is 16.3. The van der Waals surface area contributed by atoms with Crippen molar-refractivity contribution in [1.82, 2.24) is 14.7 Å². The third-order valence-corrected chi connectivity index (χ3v) is 5.90. The molecule has 0 aliphatic carbocycles. The Morgan fingerprint density at radius 3 is 2.44 bits per heavy atom. The molecule has 2 aromatic carbocycles. The number of fused-ring (bicyclic) bond motifs is 1. The molecule has 1 atom stereocenters. The zero-order valence-electron chi connectivity index (χ0n) is 19.1. The second-order valence-electron chi connectivity index (χ2n) is 8.37. The number of nitrogens with zero attached hydrogens (tertiary/aromatic N) is 2. The summed E-state index contributed by atoms with van der Waals surface area (Å²) < 4.78 is 41.6. The topological polar surface area (TPSA) is 46.4 Å². The van der Waals surface area contributed by atoms with Crippen LogP contribution in [-0.4, -0.2) is 21.3 Å². The van der Waals surface area contributed by atoms with E-state index in [-0.39, 0.29) is 18.4 Å². The maximum absolute atomic E-state index is 13.2. The first kappa shape index (κ1) is 23.5. The van der Waals surface area contributed by atoms with Crippen molar-refractivity contribution in [2.75, 3.05) is 0 Å². The molecule has 0 saturated heterocycles. The third-order valence-electron chi connectivity index (χ3n) is 5.90. The highest BCUT2D eigenvalue weighted by Crippen LogP contribution is 2.33. The number of pyridine rings is 1. The Morgan fingerprint density at radius 2 is 1.74 bits per heavy atom. The van der Waals surface area contributed by atoms with Gasteiger partial charge in [-0.1, -0.05) is 49.4 Å². The number of halogens is 3. The summed E-state index contributed by atoms with van der Waals surface area (Å²) in [7, 11) is 0. The lowest BCUT2D eigenvalue weighted by Crippen LogP contribution is -2.32. The van der Waals surface area contributed by atoms with Gasteiger partial charge in [0.15, 0.2) is 0 Å². The van der Waals surface area contributed by atoms with Crippen LogP contribution in [0.15, 0.2) is 72.9 Å². The molecule has 176 valence electrons. The predicted molar refractivity (Wildman–Crippen MR) is 127 cm³/mol. The number of carbonyl (C=O) groups is 1. The fourth-order valence-corrected chi connectivity index (χ4v) is 3.89. The van der Waals surface area contributed by atoms with Gasteiger partial charge in [0, 0.05) is 24.2 Å². The van der Waals surface area contributed by atoms with Gasteiger partial charge < -0.3 is 9.72 Å². The molecule has 0 fully saturated rings. The fourth-order valence-electron chi connectivity index (χ4n) is 3.89. The van der Waals surface area contributed by atoms with E-state index in [2.05, 4.69) is 5.32 Å². The minimum absolute atomic E-state index is 0.0441. The van der Waals surface area contributed by atoms with Gasteiger partial charge in [0.1, 0.15) is 5.65 Å². The lowest BCUT2D eigenvalue weighted by Gasteiger charge is -2.12. The number of imidazole rings is 1. The van der Waals surface area contributed by atoms with Gasteiger partial charge in [0.05, 0.1) is 17.0 Å². The van der Waals surface area contributed by atoms with E-state index in [9.17, 15) is 18.0 Å². The molecule has 0 aliphatic rings.